The van der Waals surface area contributed by atoms with Crippen molar-refractivity contribution in [1.29, 1.82) is 0 Å². The second-order valence-corrected chi connectivity index (χ2v) is 5.05. The molecule has 0 atom stereocenters. The van der Waals surface area contributed by atoms with Gasteiger partial charge in [-0.2, -0.15) is 0 Å². The van der Waals surface area contributed by atoms with Crippen LogP contribution in [0.4, 0.5) is 4.39 Å². The number of halogens is 2. The lowest BCUT2D eigenvalue weighted by atomic mass is 9.94. The predicted octanol–water partition coefficient (Wildman–Crippen LogP) is 2.31. The van der Waals surface area contributed by atoms with E-state index in [0.29, 0.717) is 23.2 Å². The number of carbonyl (C=O) groups excluding carboxylic acids is 1. The first kappa shape index (κ1) is 11.7. The summed E-state index contributed by atoms with van der Waals surface area (Å²) in [5.74, 6) is 0.431. The van der Waals surface area contributed by atoms with Crippen molar-refractivity contribution in [2.75, 3.05) is 13.1 Å². The van der Waals surface area contributed by atoms with E-state index in [2.05, 4.69) is 21.2 Å². The first-order valence-corrected chi connectivity index (χ1v) is 6.11. The predicted molar refractivity (Wildman–Crippen MR) is 63.8 cm³/mol. The van der Waals surface area contributed by atoms with Gasteiger partial charge in [0.1, 0.15) is 11.6 Å². The highest BCUT2D eigenvalue weighted by Gasteiger charge is 2.20. The third kappa shape index (κ3) is 2.89. The molecule has 0 amide bonds. The summed E-state index contributed by atoms with van der Waals surface area (Å²) >= 11 is 3.12. The van der Waals surface area contributed by atoms with Crippen LogP contribution in [0.15, 0.2) is 22.7 Å². The number of carbonyl (C=O) groups is 1. The molecule has 86 valence electrons. The van der Waals surface area contributed by atoms with Gasteiger partial charge in [-0.15, -0.1) is 0 Å². The molecular weight excluding hydrogens is 273 g/mol. The third-order valence-electron chi connectivity index (χ3n) is 2.77. The molecule has 0 unspecified atom stereocenters. The van der Waals surface area contributed by atoms with Crippen molar-refractivity contribution in [3.05, 3.63) is 34.1 Å². The lowest BCUT2D eigenvalue weighted by molar-refractivity contribution is -0.119. The van der Waals surface area contributed by atoms with Crippen LogP contribution in [0.2, 0.25) is 0 Å². The molecule has 0 spiro atoms. The quantitative estimate of drug-likeness (QED) is 0.920. The van der Waals surface area contributed by atoms with Gasteiger partial charge >= 0.3 is 0 Å². The molecular formula is C12H13BrFNO. The van der Waals surface area contributed by atoms with E-state index in [4.69, 9.17) is 0 Å². The van der Waals surface area contributed by atoms with Crippen LogP contribution >= 0.6 is 15.9 Å². The summed E-state index contributed by atoms with van der Waals surface area (Å²) in [6.07, 6.45) is 1.03. The van der Waals surface area contributed by atoms with Gasteiger partial charge in [0.2, 0.25) is 0 Å². The van der Waals surface area contributed by atoms with Gasteiger partial charge in [-0.3, -0.25) is 4.79 Å². The Morgan fingerprint density at radius 1 is 1.50 bits per heavy atom. The maximum Gasteiger partial charge on any atom is 0.137 e. The minimum Gasteiger partial charge on any atom is -0.316 e. The normalized spacial score (nSPS) is 15.9. The summed E-state index contributed by atoms with van der Waals surface area (Å²) < 4.78 is 13.4. The summed E-state index contributed by atoms with van der Waals surface area (Å²) in [5.41, 5.74) is 0.866. The molecule has 1 fully saturated rings. The van der Waals surface area contributed by atoms with Gasteiger partial charge in [-0.25, -0.2) is 4.39 Å². The molecule has 1 heterocycles. The van der Waals surface area contributed by atoms with Gasteiger partial charge in [0.05, 0.1) is 4.47 Å². The van der Waals surface area contributed by atoms with Gasteiger partial charge < -0.3 is 5.32 Å². The third-order valence-corrected chi connectivity index (χ3v) is 3.38. The Morgan fingerprint density at radius 2 is 2.25 bits per heavy atom. The fourth-order valence-corrected chi connectivity index (χ4v) is 2.19. The Hall–Kier alpha value is -0.740. The van der Waals surface area contributed by atoms with Crippen LogP contribution in [-0.2, 0) is 11.2 Å². The fraction of sp³-hybridized carbons (Fsp3) is 0.417. The highest BCUT2D eigenvalue weighted by atomic mass is 79.9. The van der Waals surface area contributed by atoms with Crippen LogP contribution in [0.25, 0.3) is 0 Å². The highest BCUT2D eigenvalue weighted by molar-refractivity contribution is 9.10. The summed E-state index contributed by atoms with van der Waals surface area (Å²) in [6, 6.07) is 4.72. The van der Waals surface area contributed by atoms with Crippen LogP contribution in [0, 0.1) is 11.7 Å². The Balaban J connectivity index is 1.92. The van der Waals surface area contributed by atoms with Crippen LogP contribution in [0.3, 0.4) is 0 Å². The minimum absolute atomic E-state index is 0.227. The molecule has 0 aliphatic carbocycles. The van der Waals surface area contributed by atoms with E-state index < -0.39 is 0 Å². The molecule has 1 aromatic carbocycles. The molecule has 4 heteroatoms. The van der Waals surface area contributed by atoms with Gasteiger partial charge in [-0.1, -0.05) is 6.07 Å². The van der Waals surface area contributed by atoms with E-state index in [-0.39, 0.29) is 11.6 Å². The average Bonchev–Trinajstić information content (AvgIpc) is 2.18. The van der Waals surface area contributed by atoms with E-state index >= 15 is 0 Å². The van der Waals surface area contributed by atoms with E-state index in [1.54, 1.807) is 12.1 Å². The molecule has 0 aromatic heterocycles. The molecule has 2 nitrogen and oxygen atoms in total. The first-order valence-electron chi connectivity index (χ1n) is 5.31. The molecule has 0 radical (unpaired) electrons. The summed E-state index contributed by atoms with van der Waals surface area (Å²) in [5, 5.41) is 3.14. The first-order chi connectivity index (χ1) is 7.65. The lowest BCUT2D eigenvalue weighted by Crippen LogP contribution is -2.43. The Bertz CT molecular complexity index is 404. The minimum atomic E-state index is -0.292. The largest absolute Gasteiger partial charge is 0.316 e. The summed E-state index contributed by atoms with van der Waals surface area (Å²) in [4.78, 5) is 11.7. The second-order valence-electron chi connectivity index (χ2n) is 4.19. The van der Waals surface area contributed by atoms with Crippen LogP contribution in [0.1, 0.15) is 12.0 Å². The van der Waals surface area contributed by atoms with Crippen molar-refractivity contribution in [3.8, 4) is 0 Å². The monoisotopic (exact) mass is 285 g/mol. The second kappa shape index (κ2) is 5.06. The Labute approximate surface area is 102 Å². The van der Waals surface area contributed by atoms with Gasteiger partial charge in [0.25, 0.3) is 0 Å². The number of nitrogens with one attached hydrogen (secondary N) is 1. The molecule has 1 saturated heterocycles. The Kier molecular flexibility index (Phi) is 3.71. The topological polar surface area (TPSA) is 29.1 Å². The number of rotatable bonds is 4. The molecule has 1 aliphatic rings. The average molecular weight is 286 g/mol. The van der Waals surface area contributed by atoms with E-state index in [0.717, 1.165) is 18.7 Å². The molecule has 1 N–H and O–H groups in total. The summed E-state index contributed by atoms with van der Waals surface area (Å²) in [6.45, 7) is 1.89. The molecule has 1 aliphatic heterocycles. The van der Waals surface area contributed by atoms with E-state index in [1.165, 1.54) is 6.07 Å². The molecule has 2 rings (SSSR count). The zero-order valence-electron chi connectivity index (χ0n) is 8.80. The number of Topliss-reactive ketones (excluding diaryl/α,β-unsaturated/α-hetero) is 1. The fourth-order valence-electron chi connectivity index (χ4n) is 1.76. The van der Waals surface area contributed by atoms with Crippen molar-refractivity contribution >= 4 is 21.7 Å². The van der Waals surface area contributed by atoms with Crippen LogP contribution < -0.4 is 5.32 Å². The zero-order chi connectivity index (χ0) is 11.5. The standard InChI is InChI=1S/C12H13BrFNO/c13-11-5-8(1-2-12(11)14)3-10(16)4-9-6-15-7-9/h1-2,5,9,15H,3-4,6-7H2. The SMILES string of the molecule is O=C(Cc1ccc(F)c(Br)c1)CC1CNC1. The lowest BCUT2D eigenvalue weighted by Gasteiger charge is -2.26. The van der Waals surface area contributed by atoms with E-state index in [9.17, 15) is 9.18 Å². The number of hydrogen-bond acceptors (Lipinski definition) is 2. The van der Waals surface area contributed by atoms with Crippen molar-refractivity contribution in [2.45, 2.75) is 12.8 Å². The maximum atomic E-state index is 13.0. The van der Waals surface area contributed by atoms with Crippen molar-refractivity contribution in [1.82, 2.24) is 5.32 Å². The number of benzene rings is 1. The Morgan fingerprint density at radius 3 is 2.81 bits per heavy atom. The molecule has 0 bridgehead atoms. The van der Waals surface area contributed by atoms with Crippen LogP contribution in [-0.4, -0.2) is 18.9 Å². The van der Waals surface area contributed by atoms with Crippen molar-refractivity contribution in [3.63, 3.8) is 0 Å². The van der Waals surface area contributed by atoms with Crippen LogP contribution in [0.5, 0.6) is 0 Å². The highest BCUT2D eigenvalue weighted by Crippen LogP contribution is 2.18. The van der Waals surface area contributed by atoms with Crippen molar-refractivity contribution < 1.29 is 9.18 Å². The molecule has 16 heavy (non-hydrogen) atoms. The number of hydrogen-bond donors (Lipinski definition) is 1. The van der Waals surface area contributed by atoms with Gasteiger partial charge in [0, 0.05) is 12.8 Å². The maximum absolute atomic E-state index is 13.0. The number of ketones is 1. The zero-order valence-corrected chi connectivity index (χ0v) is 10.4. The van der Waals surface area contributed by atoms with Gasteiger partial charge in [-0.05, 0) is 52.6 Å². The molecule has 0 saturated carbocycles. The van der Waals surface area contributed by atoms with Crippen molar-refractivity contribution in [2.24, 2.45) is 5.92 Å². The molecule has 1 aromatic rings. The van der Waals surface area contributed by atoms with E-state index in [1.807, 2.05) is 0 Å². The smallest absolute Gasteiger partial charge is 0.137 e. The van der Waals surface area contributed by atoms with Gasteiger partial charge in [0.15, 0.2) is 0 Å². The summed E-state index contributed by atoms with van der Waals surface area (Å²) in [7, 11) is 0.